The van der Waals surface area contributed by atoms with Crippen molar-refractivity contribution < 1.29 is 9.59 Å². The van der Waals surface area contributed by atoms with Crippen LogP contribution in [0, 0.1) is 5.92 Å². The van der Waals surface area contributed by atoms with Gasteiger partial charge in [0, 0.05) is 19.0 Å². The number of amides is 2. The first-order chi connectivity index (χ1) is 10.0. The van der Waals surface area contributed by atoms with Gasteiger partial charge < -0.3 is 11.1 Å². The average Bonchev–Trinajstić information content (AvgIpc) is 2.93. The molecule has 5 nitrogen and oxygen atoms in total. The highest BCUT2D eigenvalue weighted by atomic mass is 35.5. The highest BCUT2D eigenvalue weighted by Gasteiger charge is 2.22. The quantitative estimate of drug-likeness (QED) is 0.786. The Balaban J connectivity index is 1.90. The van der Waals surface area contributed by atoms with Crippen molar-refractivity contribution in [3.63, 3.8) is 0 Å². The van der Waals surface area contributed by atoms with Gasteiger partial charge in [0.15, 0.2) is 0 Å². The normalized spacial score (nSPS) is 16.6. The Morgan fingerprint density at radius 3 is 2.67 bits per heavy atom. The largest absolute Gasteiger partial charge is 0.368 e. The van der Waals surface area contributed by atoms with Gasteiger partial charge in [-0.1, -0.05) is 30.5 Å². The monoisotopic (exact) mass is 309 g/mol. The summed E-state index contributed by atoms with van der Waals surface area (Å²) in [5, 5.41) is 3.12. The first kappa shape index (κ1) is 15.8. The van der Waals surface area contributed by atoms with Crippen molar-refractivity contribution >= 4 is 23.4 Å². The molecule has 0 unspecified atom stereocenters. The molecule has 0 bridgehead atoms. The second-order valence-corrected chi connectivity index (χ2v) is 5.96. The highest BCUT2D eigenvalue weighted by Crippen LogP contribution is 2.27. The fraction of sp³-hybridized carbons (Fsp3) is 0.533. The number of pyridine rings is 1. The van der Waals surface area contributed by atoms with E-state index in [-0.39, 0.29) is 5.91 Å². The first-order valence-corrected chi connectivity index (χ1v) is 7.61. The zero-order chi connectivity index (χ0) is 15.2. The van der Waals surface area contributed by atoms with E-state index >= 15 is 0 Å². The zero-order valence-corrected chi connectivity index (χ0v) is 12.6. The third-order valence-corrected chi connectivity index (χ3v) is 4.08. The second-order valence-electron chi connectivity index (χ2n) is 5.57. The maximum Gasteiger partial charge on any atom is 0.240 e. The molecule has 0 saturated heterocycles. The standard InChI is InChI=1S/C15H20ClN3O2/c16-13-6-5-11(9-18-13)7-12(15(17)21)19-14(20)8-10-3-1-2-4-10/h5-6,9-10,12H,1-4,7-8H2,(H2,17,21)(H,19,20)/t12-/m0/s1. The third-order valence-electron chi connectivity index (χ3n) is 3.86. The molecule has 0 spiro atoms. The summed E-state index contributed by atoms with van der Waals surface area (Å²) in [6.45, 7) is 0. The number of hydrogen-bond acceptors (Lipinski definition) is 3. The summed E-state index contributed by atoms with van der Waals surface area (Å²) >= 11 is 5.72. The van der Waals surface area contributed by atoms with Gasteiger partial charge in [-0.05, 0) is 30.4 Å². The molecule has 21 heavy (non-hydrogen) atoms. The van der Waals surface area contributed by atoms with E-state index in [1.54, 1.807) is 18.3 Å². The molecule has 0 aromatic carbocycles. The molecule has 1 aliphatic rings. The molecule has 2 amide bonds. The number of hydrogen-bond donors (Lipinski definition) is 2. The van der Waals surface area contributed by atoms with E-state index in [4.69, 9.17) is 17.3 Å². The second kappa shape index (κ2) is 7.41. The maximum atomic E-state index is 12.0. The molecular weight excluding hydrogens is 290 g/mol. The van der Waals surface area contributed by atoms with Gasteiger partial charge in [0.1, 0.15) is 11.2 Å². The zero-order valence-electron chi connectivity index (χ0n) is 11.8. The summed E-state index contributed by atoms with van der Waals surface area (Å²) in [5.74, 6) is -0.201. The number of primary amides is 1. The van der Waals surface area contributed by atoms with Crippen LogP contribution in [0.4, 0.5) is 0 Å². The molecule has 1 aromatic heterocycles. The minimum Gasteiger partial charge on any atom is -0.368 e. The topological polar surface area (TPSA) is 85.1 Å². The number of carbonyl (C=O) groups is 2. The maximum absolute atomic E-state index is 12.0. The molecular formula is C15H20ClN3O2. The van der Waals surface area contributed by atoms with Gasteiger partial charge >= 0.3 is 0 Å². The Labute approximate surface area is 129 Å². The van der Waals surface area contributed by atoms with Crippen LogP contribution in [-0.2, 0) is 16.0 Å². The molecule has 2 rings (SSSR count). The van der Waals surface area contributed by atoms with Crippen LogP contribution in [0.2, 0.25) is 5.15 Å². The summed E-state index contributed by atoms with van der Waals surface area (Å²) in [7, 11) is 0. The van der Waals surface area contributed by atoms with Crippen LogP contribution in [0.1, 0.15) is 37.7 Å². The van der Waals surface area contributed by atoms with E-state index in [1.165, 1.54) is 12.8 Å². The molecule has 1 atom stereocenters. The van der Waals surface area contributed by atoms with Crippen LogP contribution in [0.5, 0.6) is 0 Å². The van der Waals surface area contributed by atoms with Crippen LogP contribution < -0.4 is 11.1 Å². The van der Waals surface area contributed by atoms with Gasteiger partial charge in [-0.15, -0.1) is 0 Å². The molecule has 1 aliphatic carbocycles. The van der Waals surface area contributed by atoms with Gasteiger partial charge in [-0.25, -0.2) is 4.98 Å². The van der Waals surface area contributed by atoms with E-state index in [9.17, 15) is 9.59 Å². The minimum atomic E-state index is -0.707. The van der Waals surface area contributed by atoms with Crippen molar-refractivity contribution in [2.45, 2.75) is 44.6 Å². The number of rotatable bonds is 6. The fourth-order valence-corrected chi connectivity index (χ4v) is 2.83. The van der Waals surface area contributed by atoms with Crippen LogP contribution in [0.15, 0.2) is 18.3 Å². The molecule has 1 aromatic rings. The Kier molecular flexibility index (Phi) is 5.56. The molecule has 3 N–H and O–H groups in total. The highest BCUT2D eigenvalue weighted by molar-refractivity contribution is 6.29. The van der Waals surface area contributed by atoms with Crippen molar-refractivity contribution in [1.29, 1.82) is 0 Å². The van der Waals surface area contributed by atoms with Crippen LogP contribution in [-0.4, -0.2) is 22.8 Å². The number of nitrogens with one attached hydrogen (secondary N) is 1. The molecule has 1 fully saturated rings. The Morgan fingerprint density at radius 1 is 1.38 bits per heavy atom. The van der Waals surface area contributed by atoms with E-state index in [0.717, 1.165) is 18.4 Å². The SMILES string of the molecule is NC(=O)[C@H](Cc1ccc(Cl)nc1)NC(=O)CC1CCCC1. The Bertz CT molecular complexity index is 498. The molecule has 1 heterocycles. The lowest BCUT2D eigenvalue weighted by molar-refractivity contribution is -0.127. The van der Waals surface area contributed by atoms with Crippen molar-refractivity contribution in [2.75, 3.05) is 0 Å². The van der Waals surface area contributed by atoms with E-state index in [2.05, 4.69) is 10.3 Å². The van der Waals surface area contributed by atoms with Gasteiger partial charge in [-0.3, -0.25) is 9.59 Å². The summed E-state index contributed by atoms with van der Waals surface area (Å²) in [4.78, 5) is 27.5. The van der Waals surface area contributed by atoms with Gasteiger partial charge in [0.05, 0.1) is 0 Å². The molecule has 1 saturated carbocycles. The summed E-state index contributed by atoms with van der Waals surface area (Å²) in [5.41, 5.74) is 6.18. The van der Waals surface area contributed by atoms with Crippen molar-refractivity contribution in [3.8, 4) is 0 Å². The Hall–Kier alpha value is -1.62. The number of carbonyl (C=O) groups excluding carboxylic acids is 2. The molecule has 0 radical (unpaired) electrons. The van der Waals surface area contributed by atoms with E-state index in [1.807, 2.05) is 0 Å². The summed E-state index contributed by atoms with van der Waals surface area (Å²) in [6, 6.07) is 2.71. The summed E-state index contributed by atoms with van der Waals surface area (Å²) in [6.07, 6.45) is 6.95. The summed E-state index contributed by atoms with van der Waals surface area (Å²) < 4.78 is 0. The minimum absolute atomic E-state index is 0.104. The number of aromatic nitrogens is 1. The number of nitrogens with zero attached hydrogens (tertiary/aromatic N) is 1. The van der Waals surface area contributed by atoms with Crippen molar-refractivity contribution in [3.05, 3.63) is 29.0 Å². The van der Waals surface area contributed by atoms with E-state index in [0.29, 0.717) is 23.9 Å². The predicted molar refractivity (Wildman–Crippen MR) is 80.7 cm³/mol. The van der Waals surface area contributed by atoms with Crippen molar-refractivity contribution in [1.82, 2.24) is 10.3 Å². The average molecular weight is 310 g/mol. The smallest absolute Gasteiger partial charge is 0.240 e. The number of halogens is 1. The van der Waals surface area contributed by atoms with Gasteiger partial charge in [-0.2, -0.15) is 0 Å². The predicted octanol–water partition coefficient (Wildman–Crippen LogP) is 1.83. The first-order valence-electron chi connectivity index (χ1n) is 7.23. The molecule has 114 valence electrons. The van der Waals surface area contributed by atoms with Gasteiger partial charge in [0.25, 0.3) is 0 Å². The fourth-order valence-electron chi connectivity index (χ4n) is 2.72. The number of nitrogens with two attached hydrogens (primary N) is 1. The van der Waals surface area contributed by atoms with E-state index < -0.39 is 11.9 Å². The Morgan fingerprint density at radius 2 is 2.10 bits per heavy atom. The van der Waals surface area contributed by atoms with Crippen LogP contribution >= 0.6 is 11.6 Å². The lowest BCUT2D eigenvalue weighted by atomic mass is 10.0. The third kappa shape index (κ3) is 5.01. The van der Waals surface area contributed by atoms with Crippen molar-refractivity contribution in [2.24, 2.45) is 11.7 Å². The molecule has 6 heteroatoms. The lowest BCUT2D eigenvalue weighted by Crippen LogP contribution is -2.46. The molecule has 0 aliphatic heterocycles. The van der Waals surface area contributed by atoms with Gasteiger partial charge in [0.2, 0.25) is 11.8 Å². The lowest BCUT2D eigenvalue weighted by Gasteiger charge is -2.17. The van der Waals surface area contributed by atoms with Crippen LogP contribution in [0.25, 0.3) is 0 Å². The van der Waals surface area contributed by atoms with Crippen LogP contribution in [0.3, 0.4) is 0 Å².